The second-order valence-corrected chi connectivity index (χ2v) is 3.95. The van der Waals surface area contributed by atoms with Crippen molar-refractivity contribution in [3.05, 3.63) is 0 Å². The maximum atomic E-state index is 3.60. The van der Waals surface area contributed by atoms with Crippen molar-refractivity contribution in [2.24, 2.45) is 5.92 Å². The molecule has 1 unspecified atom stereocenters. The van der Waals surface area contributed by atoms with E-state index in [1.165, 1.54) is 32.2 Å². The van der Waals surface area contributed by atoms with E-state index in [0.717, 1.165) is 12.0 Å². The average Bonchev–Trinajstić information content (AvgIpc) is 2.04. The maximum absolute atomic E-state index is 3.60. The van der Waals surface area contributed by atoms with Gasteiger partial charge in [0, 0.05) is 6.04 Å². The Bertz CT molecular complexity index is 81.0. The van der Waals surface area contributed by atoms with Gasteiger partial charge in [0.05, 0.1) is 0 Å². The number of unbranched alkanes of at least 4 members (excludes halogenated alkanes) is 1. The van der Waals surface area contributed by atoms with Crippen LogP contribution in [0, 0.1) is 5.92 Å². The van der Waals surface area contributed by atoms with Crippen LogP contribution in [0.4, 0.5) is 0 Å². The van der Waals surface area contributed by atoms with Crippen molar-refractivity contribution in [1.29, 1.82) is 0 Å². The Hall–Kier alpha value is -0.0400. The lowest BCUT2D eigenvalue weighted by molar-refractivity contribution is 0.369. The van der Waals surface area contributed by atoms with E-state index in [9.17, 15) is 0 Å². The number of nitrogens with one attached hydrogen (secondary N) is 1. The smallest absolute Gasteiger partial charge is 0.00900 e. The third-order valence-corrected chi connectivity index (χ3v) is 2.33. The average molecular weight is 171 g/mol. The van der Waals surface area contributed by atoms with Crippen LogP contribution in [0.1, 0.15) is 53.4 Å². The molecule has 0 rings (SSSR count). The summed E-state index contributed by atoms with van der Waals surface area (Å²) < 4.78 is 0. The van der Waals surface area contributed by atoms with Crippen molar-refractivity contribution in [3.63, 3.8) is 0 Å². The van der Waals surface area contributed by atoms with Gasteiger partial charge in [-0.15, -0.1) is 0 Å². The first kappa shape index (κ1) is 12.0. The molecule has 0 aliphatic rings. The lowest BCUT2D eigenvalue weighted by atomic mass is 9.98. The van der Waals surface area contributed by atoms with Crippen LogP contribution in [0.5, 0.6) is 0 Å². The molecule has 0 aliphatic heterocycles. The van der Waals surface area contributed by atoms with Crippen molar-refractivity contribution in [1.82, 2.24) is 5.32 Å². The van der Waals surface area contributed by atoms with Gasteiger partial charge >= 0.3 is 0 Å². The first-order valence-corrected chi connectivity index (χ1v) is 5.45. The van der Waals surface area contributed by atoms with Gasteiger partial charge in [-0.25, -0.2) is 0 Å². The molecule has 74 valence electrons. The minimum Gasteiger partial charge on any atom is -0.314 e. The highest BCUT2D eigenvalue weighted by molar-refractivity contribution is 4.69. The van der Waals surface area contributed by atoms with Crippen LogP contribution in [0.3, 0.4) is 0 Å². The van der Waals surface area contributed by atoms with Crippen LogP contribution in [0.15, 0.2) is 0 Å². The van der Waals surface area contributed by atoms with Crippen molar-refractivity contribution >= 4 is 0 Å². The van der Waals surface area contributed by atoms with Crippen LogP contribution in [0.2, 0.25) is 0 Å². The first-order chi connectivity index (χ1) is 5.72. The van der Waals surface area contributed by atoms with Gasteiger partial charge in [-0.3, -0.25) is 0 Å². The van der Waals surface area contributed by atoms with E-state index in [1.807, 2.05) is 0 Å². The highest BCUT2D eigenvalue weighted by atomic mass is 14.9. The molecule has 12 heavy (non-hydrogen) atoms. The summed E-state index contributed by atoms with van der Waals surface area (Å²) in [6.45, 7) is 10.3. The molecular formula is C11H25N. The van der Waals surface area contributed by atoms with E-state index in [4.69, 9.17) is 0 Å². The van der Waals surface area contributed by atoms with E-state index in [0.29, 0.717) is 0 Å². The summed E-state index contributed by atoms with van der Waals surface area (Å²) >= 11 is 0. The topological polar surface area (TPSA) is 12.0 Å². The van der Waals surface area contributed by atoms with E-state index in [2.05, 4.69) is 33.0 Å². The van der Waals surface area contributed by atoms with Crippen LogP contribution in [-0.4, -0.2) is 12.6 Å². The zero-order valence-corrected chi connectivity index (χ0v) is 9.19. The molecule has 0 aliphatic carbocycles. The monoisotopic (exact) mass is 171 g/mol. The molecule has 0 aromatic rings. The Morgan fingerprint density at radius 2 is 1.75 bits per heavy atom. The summed E-state index contributed by atoms with van der Waals surface area (Å²) in [4.78, 5) is 0. The van der Waals surface area contributed by atoms with Gasteiger partial charge in [0.15, 0.2) is 0 Å². The standard InChI is InChI=1S/C11H25N/c1-5-7-8-11(10(3)4)12-9-6-2/h10-12H,5-9H2,1-4H3. The van der Waals surface area contributed by atoms with Gasteiger partial charge in [0.25, 0.3) is 0 Å². The van der Waals surface area contributed by atoms with Crippen LogP contribution < -0.4 is 5.32 Å². The number of rotatable bonds is 7. The molecule has 0 spiro atoms. The van der Waals surface area contributed by atoms with Gasteiger partial charge in [0.1, 0.15) is 0 Å². The highest BCUT2D eigenvalue weighted by Gasteiger charge is 2.10. The predicted octanol–water partition coefficient (Wildman–Crippen LogP) is 3.20. The van der Waals surface area contributed by atoms with Crippen LogP contribution in [0.25, 0.3) is 0 Å². The lowest BCUT2D eigenvalue weighted by Gasteiger charge is -2.21. The fourth-order valence-electron chi connectivity index (χ4n) is 1.42. The summed E-state index contributed by atoms with van der Waals surface area (Å²) in [6, 6.07) is 0.741. The van der Waals surface area contributed by atoms with E-state index in [-0.39, 0.29) is 0 Å². The normalized spacial score (nSPS) is 13.8. The van der Waals surface area contributed by atoms with Crippen molar-refractivity contribution < 1.29 is 0 Å². The second kappa shape index (κ2) is 7.60. The molecule has 0 heterocycles. The molecule has 1 N–H and O–H groups in total. The first-order valence-electron chi connectivity index (χ1n) is 5.45. The Balaban J connectivity index is 3.55. The van der Waals surface area contributed by atoms with Gasteiger partial charge in [-0.2, -0.15) is 0 Å². The summed E-state index contributed by atoms with van der Waals surface area (Å²) in [7, 11) is 0. The van der Waals surface area contributed by atoms with Crippen molar-refractivity contribution in [3.8, 4) is 0 Å². The minimum atomic E-state index is 0.741. The van der Waals surface area contributed by atoms with Crippen molar-refractivity contribution in [2.45, 2.75) is 59.4 Å². The molecule has 0 bridgehead atoms. The van der Waals surface area contributed by atoms with Crippen molar-refractivity contribution in [2.75, 3.05) is 6.54 Å². The summed E-state index contributed by atoms with van der Waals surface area (Å²) in [5, 5.41) is 3.60. The maximum Gasteiger partial charge on any atom is 0.00900 e. The Kier molecular flexibility index (Phi) is 7.58. The van der Waals surface area contributed by atoms with Gasteiger partial charge in [-0.1, -0.05) is 40.5 Å². The second-order valence-electron chi connectivity index (χ2n) is 3.95. The van der Waals surface area contributed by atoms with E-state index >= 15 is 0 Å². The minimum absolute atomic E-state index is 0.741. The Morgan fingerprint density at radius 3 is 2.17 bits per heavy atom. The molecule has 0 aromatic heterocycles. The molecule has 1 nitrogen and oxygen atoms in total. The third kappa shape index (κ3) is 5.59. The van der Waals surface area contributed by atoms with Gasteiger partial charge < -0.3 is 5.32 Å². The zero-order valence-electron chi connectivity index (χ0n) is 9.19. The van der Waals surface area contributed by atoms with Gasteiger partial charge in [-0.05, 0) is 25.3 Å². The van der Waals surface area contributed by atoms with Crippen LogP contribution >= 0.6 is 0 Å². The molecule has 0 fully saturated rings. The lowest BCUT2D eigenvalue weighted by Crippen LogP contribution is -2.34. The predicted molar refractivity (Wildman–Crippen MR) is 56.4 cm³/mol. The Morgan fingerprint density at radius 1 is 1.08 bits per heavy atom. The van der Waals surface area contributed by atoms with Crippen LogP contribution in [-0.2, 0) is 0 Å². The molecular weight excluding hydrogens is 146 g/mol. The molecule has 0 amide bonds. The third-order valence-electron chi connectivity index (χ3n) is 2.33. The quantitative estimate of drug-likeness (QED) is 0.620. The highest BCUT2D eigenvalue weighted by Crippen LogP contribution is 2.09. The largest absolute Gasteiger partial charge is 0.314 e. The number of hydrogen-bond donors (Lipinski definition) is 1. The molecule has 0 radical (unpaired) electrons. The van der Waals surface area contributed by atoms with E-state index in [1.54, 1.807) is 0 Å². The molecule has 0 saturated carbocycles. The summed E-state index contributed by atoms with van der Waals surface area (Å²) in [5.74, 6) is 0.781. The fourth-order valence-corrected chi connectivity index (χ4v) is 1.42. The molecule has 1 heteroatoms. The molecule has 0 aromatic carbocycles. The van der Waals surface area contributed by atoms with Gasteiger partial charge in [0.2, 0.25) is 0 Å². The number of hydrogen-bond acceptors (Lipinski definition) is 1. The Labute approximate surface area is 77.9 Å². The summed E-state index contributed by atoms with van der Waals surface area (Å²) in [6.07, 6.45) is 5.26. The summed E-state index contributed by atoms with van der Waals surface area (Å²) in [5.41, 5.74) is 0. The SMILES string of the molecule is CCCCC(NCCC)C(C)C. The van der Waals surface area contributed by atoms with E-state index < -0.39 is 0 Å². The zero-order chi connectivity index (χ0) is 9.40. The molecule has 0 saturated heterocycles. The fraction of sp³-hybridized carbons (Fsp3) is 1.00. The molecule has 1 atom stereocenters.